The van der Waals surface area contributed by atoms with Crippen LogP contribution in [0.5, 0.6) is 0 Å². The Bertz CT molecular complexity index is 233. The maximum Gasteiger partial charge on any atom is 0.305 e. The number of esters is 1. The lowest BCUT2D eigenvalue weighted by atomic mass is 10.1. The summed E-state index contributed by atoms with van der Waals surface area (Å²) in [5.41, 5.74) is 0. The molecule has 18 heavy (non-hydrogen) atoms. The molecule has 0 aromatic rings. The first kappa shape index (κ1) is 15.3. The fourth-order valence-electron chi connectivity index (χ4n) is 2.29. The number of cyclic esters (lactones) is 1. The van der Waals surface area contributed by atoms with E-state index in [1.165, 1.54) is 51.4 Å². The molecular weight excluding hydrogens is 224 g/mol. The van der Waals surface area contributed by atoms with E-state index in [-0.39, 0.29) is 5.97 Å². The molecular formula is C16H28O2. The summed E-state index contributed by atoms with van der Waals surface area (Å²) in [5, 5.41) is 0. The highest BCUT2D eigenvalue weighted by atomic mass is 16.5. The Kier molecular flexibility index (Phi) is 9.59. The maximum absolute atomic E-state index is 11.4. The molecule has 0 saturated heterocycles. The molecule has 0 spiro atoms. The molecule has 104 valence electrons. The van der Waals surface area contributed by atoms with Crippen molar-refractivity contribution in [3.63, 3.8) is 0 Å². The van der Waals surface area contributed by atoms with Crippen LogP contribution in [-0.2, 0) is 9.53 Å². The Morgan fingerprint density at radius 3 is 2.00 bits per heavy atom. The summed E-state index contributed by atoms with van der Waals surface area (Å²) in [4.78, 5) is 11.4. The van der Waals surface area contributed by atoms with Crippen molar-refractivity contribution in [1.82, 2.24) is 0 Å². The van der Waals surface area contributed by atoms with Gasteiger partial charge in [-0.05, 0) is 32.1 Å². The molecule has 0 aromatic carbocycles. The lowest BCUT2D eigenvalue weighted by molar-refractivity contribution is -0.143. The summed E-state index contributed by atoms with van der Waals surface area (Å²) in [6, 6.07) is 0. The third-order valence-corrected chi connectivity index (χ3v) is 3.45. The molecule has 0 radical (unpaired) electrons. The van der Waals surface area contributed by atoms with Crippen LogP contribution in [0.3, 0.4) is 0 Å². The van der Waals surface area contributed by atoms with Gasteiger partial charge < -0.3 is 4.74 Å². The first-order valence-electron chi connectivity index (χ1n) is 7.70. The highest BCUT2D eigenvalue weighted by Crippen LogP contribution is 2.11. The zero-order valence-corrected chi connectivity index (χ0v) is 11.7. The first-order valence-corrected chi connectivity index (χ1v) is 7.70. The third-order valence-electron chi connectivity index (χ3n) is 3.45. The number of ether oxygens (including phenoxy) is 1. The van der Waals surface area contributed by atoms with Crippen molar-refractivity contribution in [3.8, 4) is 0 Å². The number of carbonyl (C=O) groups excluding carboxylic acids is 1. The minimum absolute atomic E-state index is 0.0108. The quantitative estimate of drug-likeness (QED) is 0.458. The van der Waals surface area contributed by atoms with Gasteiger partial charge in [-0.1, -0.05) is 50.7 Å². The van der Waals surface area contributed by atoms with Gasteiger partial charge in [0.1, 0.15) is 0 Å². The van der Waals surface area contributed by atoms with Gasteiger partial charge in [0.05, 0.1) is 6.61 Å². The lowest BCUT2D eigenvalue weighted by Crippen LogP contribution is -2.05. The van der Waals surface area contributed by atoms with Gasteiger partial charge in [0.2, 0.25) is 0 Å². The van der Waals surface area contributed by atoms with Gasteiger partial charge in [-0.2, -0.15) is 0 Å². The van der Waals surface area contributed by atoms with E-state index in [1.807, 2.05) is 0 Å². The Hall–Kier alpha value is -0.790. The SMILES string of the molecule is O=C1CCCCCCCCCCC=CCCCO1. The highest BCUT2D eigenvalue weighted by molar-refractivity contribution is 5.69. The molecule has 1 rings (SSSR count). The molecule has 2 nitrogen and oxygen atoms in total. The van der Waals surface area contributed by atoms with E-state index in [4.69, 9.17) is 4.74 Å². The summed E-state index contributed by atoms with van der Waals surface area (Å²) in [5.74, 6) is -0.0108. The maximum atomic E-state index is 11.4. The molecule has 1 heterocycles. The molecule has 0 aromatic heterocycles. The smallest absolute Gasteiger partial charge is 0.305 e. The van der Waals surface area contributed by atoms with E-state index < -0.39 is 0 Å². The van der Waals surface area contributed by atoms with Crippen molar-refractivity contribution >= 4 is 5.97 Å². The van der Waals surface area contributed by atoms with Gasteiger partial charge in [-0.3, -0.25) is 4.79 Å². The van der Waals surface area contributed by atoms with Crippen molar-refractivity contribution in [1.29, 1.82) is 0 Å². The predicted octanol–water partition coefficient (Wildman–Crippen LogP) is 4.78. The van der Waals surface area contributed by atoms with Gasteiger partial charge in [-0.25, -0.2) is 0 Å². The van der Waals surface area contributed by atoms with Crippen molar-refractivity contribution in [2.75, 3.05) is 6.61 Å². The molecule has 0 unspecified atom stereocenters. The molecule has 0 amide bonds. The van der Waals surface area contributed by atoms with Gasteiger partial charge >= 0.3 is 5.97 Å². The highest BCUT2D eigenvalue weighted by Gasteiger charge is 2.02. The third kappa shape index (κ3) is 9.26. The van der Waals surface area contributed by atoms with Crippen LogP contribution >= 0.6 is 0 Å². The fourth-order valence-corrected chi connectivity index (χ4v) is 2.29. The topological polar surface area (TPSA) is 26.3 Å². The normalized spacial score (nSPS) is 22.1. The zero-order chi connectivity index (χ0) is 12.9. The van der Waals surface area contributed by atoms with Crippen LogP contribution in [0.4, 0.5) is 0 Å². The molecule has 0 fully saturated rings. The summed E-state index contributed by atoms with van der Waals surface area (Å²) >= 11 is 0. The van der Waals surface area contributed by atoms with Crippen LogP contribution in [0, 0.1) is 0 Å². The zero-order valence-electron chi connectivity index (χ0n) is 11.7. The molecule has 0 bridgehead atoms. The van der Waals surface area contributed by atoms with Crippen molar-refractivity contribution in [2.45, 2.75) is 77.0 Å². The summed E-state index contributed by atoms with van der Waals surface area (Å²) in [7, 11) is 0. The standard InChI is InChI=1S/C16H28O2/c17-16-14-12-10-8-6-4-2-1-3-5-7-9-11-13-15-18-16/h7,9H,1-6,8,10-15H2. The largest absolute Gasteiger partial charge is 0.466 e. The summed E-state index contributed by atoms with van der Waals surface area (Å²) < 4.78 is 5.19. The second kappa shape index (κ2) is 11.3. The predicted molar refractivity (Wildman–Crippen MR) is 75.5 cm³/mol. The van der Waals surface area contributed by atoms with E-state index in [2.05, 4.69) is 12.2 Å². The van der Waals surface area contributed by atoms with Crippen LogP contribution < -0.4 is 0 Å². The Morgan fingerprint density at radius 1 is 0.722 bits per heavy atom. The number of carbonyl (C=O) groups is 1. The van der Waals surface area contributed by atoms with Crippen LogP contribution in [0.2, 0.25) is 0 Å². The Morgan fingerprint density at radius 2 is 1.28 bits per heavy atom. The molecule has 0 atom stereocenters. The molecule has 0 aliphatic carbocycles. The van der Waals surface area contributed by atoms with E-state index in [0.29, 0.717) is 13.0 Å². The molecule has 1 aliphatic heterocycles. The molecule has 0 saturated carbocycles. The number of rotatable bonds is 0. The molecule has 0 N–H and O–H groups in total. The van der Waals surface area contributed by atoms with Gasteiger partial charge in [0, 0.05) is 6.42 Å². The number of allylic oxidation sites excluding steroid dienone is 2. The van der Waals surface area contributed by atoms with Crippen LogP contribution in [0.25, 0.3) is 0 Å². The lowest BCUT2D eigenvalue weighted by Gasteiger charge is -2.03. The monoisotopic (exact) mass is 252 g/mol. The minimum Gasteiger partial charge on any atom is -0.466 e. The Balaban J connectivity index is 2.17. The van der Waals surface area contributed by atoms with Crippen molar-refractivity contribution in [3.05, 3.63) is 12.2 Å². The first-order chi connectivity index (χ1) is 8.89. The van der Waals surface area contributed by atoms with Gasteiger partial charge in [0.25, 0.3) is 0 Å². The van der Waals surface area contributed by atoms with Gasteiger partial charge in [-0.15, -0.1) is 0 Å². The molecule has 2 heteroatoms. The van der Waals surface area contributed by atoms with Crippen molar-refractivity contribution < 1.29 is 9.53 Å². The van der Waals surface area contributed by atoms with Gasteiger partial charge in [0.15, 0.2) is 0 Å². The average Bonchev–Trinajstić information content (AvgIpc) is 2.37. The van der Waals surface area contributed by atoms with Crippen molar-refractivity contribution in [2.24, 2.45) is 0 Å². The second-order valence-electron chi connectivity index (χ2n) is 5.20. The van der Waals surface area contributed by atoms with Crippen LogP contribution in [-0.4, -0.2) is 12.6 Å². The van der Waals surface area contributed by atoms with Crippen LogP contribution in [0.15, 0.2) is 12.2 Å². The number of hydrogen-bond acceptors (Lipinski definition) is 2. The van der Waals surface area contributed by atoms with Crippen LogP contribution in [0.1, 0.15) is 77.0 Å². The summed E-state index contributed by atoms with van der Waals surface area (Å²) in [6.45, 7) is 0.586. The van der Waals surface area contributed by atoms with E-state index >= 15 is 0 Å². The summed E-state index contributed by atoms with van der Waals surface area (Å²) in [6.07, 6.45) is 18.5. The minimum atomic E-state index is -0.0108. The molecule has 1 aliphatic rings. The fraction of sp³-hybridized carbons (Fsp3) is 0.812. The Labute approximate surface area is 112 Å². The van der Waals surface area contributed by atoms with E-state index in [1.54, 1.807) is 0 Å². The van der Waals surface area contributed by atoms with E-state index in [9.17, 15) is 4.79 Å². The average molecular weight is 252 g/mol. The number of hydrogen-bond donors (Lipinski definition) is 0. The second-order valence-corrected chi connectivity index (χ2v) is 5.20. The van der Waals surface area contributed by atoms with E-state index in [0.717, 1.165) is 19.3 Å².